The third-order valence-electron chi connectivity index (χ3n) is 6.47. The van der Waals surface area contributed by atoms with Crippen LogP contribution < -0.4 is 32.4 Å². The Morgan fingerprint density at radius 3 is 2.73 bits per heavy atom. The Kier molecular flexibility index (Phi) is 6.76. The lowest BCUT2D eigenvalue weighted by atomic mass is 9.95. The second-order valence-corrected chi connectivity index (χ2v) is 9.12. The van der Waals surface area contributed by atoms with E-state index in [1.54, 1.807) is 0 Å². The summed E-state index contributed by atoms with van der Waals surface area (Å²) >= 11 is 6.18. The largest absolute Gasteiger partial charge is 0.405 e. The van der Waals surface area contributed by atoms with Gasteiger partial charge in [-0.05, 0) is 13.0 Å². The van der Waals surface area contributed by atoms with Gasteiger partial charge in [-0.2, -0.15) is 13.2 Å². The first kappa shape index (κ1) is 22.5. The standard InChI is InChI=1S/C17H30ClF3N8O/c18-9-5-25-15-13(14(22)27-29(15)7-9)16(30)26-10-6-23-2-1-11(10)28-4-3-24-12(8-28)17(19,20)21/h9-15,23-25,27H,1-8,22H2,(H,26,30). The number of fused-ring (bicyclic) bond motifs is 1. The molecule has 4 saturated heterocycles. The molecule has 9 nitrogen and oxygen atoms in total. The number of carbonyl (C=O) groups is 1. The molecule has 0 aromatic carbocycles. The highest BCUT2D eigenvalue weighted by atomic mass is 35.5. The third kappa shape index (κ3) is 4.70. The second kappa shape index (κ2) is 9.02. The Balaban J connectivity index is 1.41. The van der Waals surface area contributed by atoms with Crippen molar-refractivity contribution < 1.29 is 18.0 Å². The zero-order chi connectivity index (χ0) is 21.5. The molecule has 0 bridgehead atoms. The van der Waals surface area contributed by atoms with Crippen LogP contribution in [0.3, 0.4) is 0 Å². The number of alkyl halides is 4. The van der Waals surface area contributed by atoms with E-state index in [4.69, 9.17) is 17.3 Å². The van der Waals surface area contributed by atoms with E-state index in [1.807, 2.05) is 9.91 Å². The minimum atomic E-state index is -4.29. The molecule has 0 aromatic heterocycles. The molecule has 0 radical (unpaired) electrons. The molecule has 7 N–H and O–H groups in total. The zero-order valence-electron chi connectivity index (χ0n) is 16.6. The van der Waals surface area contributed by atoms with Gasteiger partial charge in [0, 0.05) is 45.3 Å². The number of carbonyl (C=O) groups excluding carboxylic acids is 1. The Labute approximate surface area is 178 Å². The Hall–Kier alpha value is -0.730. The van der Waals surface area contributed by atoms with E-state index in [0.29, 0.717) is 39.1 Å². The van der Waals surface area contributed by atoms with Crippen LogP contribution in [0.1, 0.15) is 6.42 Å². The van der Waals surface area contributed by atoms with Crippen LogP contribution in [-0.2, 0) is 4.79 Å². The Morgan fingerprint density at radius 2 is 1.97 bits per heavy atom. The Bertz CT molecular complexity index is 628. The topological polar surface area (TPSA) is 110 Å². The highest BCUT2D eigenvalue weighted by Crippen LogP contribution is 2.26. The summed E-state index contributed by atoms with van der Waals surface area (Å²) in [7, 11) is 0. The van der Waals surface area contributed by atoms with Crippen LogP contribution >= 0.6 is 11.6 Å². The summed E-state index contributed by atoms with van der Waals surface area (Å²) in [5.41, 5.74) is 9.27. The van der Waals surface area contributed by atoms with Crippen LogP contribution in [0.4, 0.5) is 13.2 Å². The van der Waals surface area contributed by atoms with E-state index in [1.165, 1.54) is 0 Å². The number of nitrogens with zero attached hydrogens (tertiary/aromatic N) is 2. The number of hydrogen-bond donors (Lipinski definition) is 6. The lowest BCUT2D eigenvalue weighted by Gasteiger charge is -2.45. The summed E-state index contributed by atoms with van der Waals surface area (Å²) in [5.74, 6) is -0.730. The van der Waals surface area contributed by atoms with Crippen molar-refractivity contribution in [3.8, 4) is 0 Å². The van der Waals surface area contributed by atoms with Crippen LogP contribution in [0.25, 0.3) is 0 Å². The fraction of sp³-hybridized carbons (Fsp3) is 0.941. The maximum Gasteiger partial charge on any atom is 0.405 e. The fourth-order valence-corrected chi connectivity index (χ4v) is 5.22. The van der Waals surface area contributed by atoms with Crippen LogP contribution in [0.15, 0.2) is 0 Å². The van der Waals surface area contributed by atoms with Crippen molar-refractivity contribution in [1.82, 2.24) is 36.6 Å². The van der Waals surface area contributed by atoms with E-state index in [0.717, 1.165) is 0 Å². The summed E-state index contributed by atoms with van der Waals surface area (Å²) < 4.78 is 39.6. The van der Waals surface area contributed by atoms with Gasteiger partial charge in [0.1, 0.15) is 6.04 Å². The predicted octanol–water partition coefficient (Wildman–Crippen LogP) is -2.07. The van der Waals surface area contributed by atoms with E-state index in [2.05, 4.69) is 26.7 Å². The first-order chi connectivity index (χ1) is 14.2. The van der Waals surface area contributed by atoms with Crippen LogP contribution in [0.5, 0.6) is 0 Å². The molecular weight excluding hydrogens is 425 g/mol. The third-order valence-corrected chi connectivity index (χ3v) is 6.76. The number of piperidine rings is 1. The van der Waals surface area contributed by atoms with Crippen molar-refractivity contribution in [2.24, 2.45) is 11.7 Å². The van der Waals surface area contributed by atoms with Gasteiger partial charge in [-0.3, -0.25) is 15.0 Å². The zero-order valence-corrected chi connectivity index (χ0v) is 17.3. The average Bonchev–Trinajstić information content (AvgIpc) is 3.02. The van der Waals surface area contributed by atoms with Gasteiger partial charge >= 0.3 is 6.18 Å². The molecule has 13 heteroatoms. The van der Waals surface area contributed by atoms with Gasteiger partial charge in [-0.15, -0.1) is 11.6 Å². The maximum atomic E-state index is 13.2. The SMILES string of the molecule is NC1NN2CC(Cl)CNC2C1C(=O)NC1CNCCC1N1CCNC(C(F)(F)F)C1. The van der Waals surface area contributed by atoms with Gasteiger partial charge < -0.3 is 21.7 Å². The number of hydrazine groups is 1. The van der Waals surface area contributed by atoms with Crippen LogP contribution in [0.2, 0.25) is 0 Å². The van der Waals surface area contributed by atoms with Crippen molar-refractivity contribution in [2.75, 3.05) is 45.8 Å². The van der Waals surface area contributed by atoms with E-state index in [-0.39, 0.29) is 42.6 Å². The first-order valence-electron chi connectivity index (χ1n) is 10.4. The molecule has 4 fully saturated rings. The van der Waals surface area contributed by atoms with Crippen molar-refractivity contribution >= 4 is 17.5 Å². The van der Waals surface area contributed by atoms with Crippen molar-refractivity contribution in [3.05, 3.63) is 0 Å². The highest BCUT2D eigenvalue weighted by Gasteiger charge is 2.48. The van der Waals surface area contributed by atoms with Crippen LogP contribution in [0, 0.1) is 5.92 Å². The molecule has 7 atom stereocenters. The minimum absolute atomic E-state index is 0.0797. The quantitative estimate of drug-likeness (QED) is 0.270. The number of hydrogen-bond acceptors (Lipinski definition) is 8. The Morgan fingerprint density at radius 1 is 1.17 bits per heavy atom. The number of amides is 1. The van der Waals surface area contributed by atoms with E-state index < -0.39 is 24.3 Å². The molecule has 4 aliphatic rings. The summed E-state index contributed by atoms with van der Waals surface area (Å²) in [6.07, 6.45) is -4.44. The van der Waals surface area contributed by atoms with Crippen molar-refractivity contribution in [3.63, 3.8) is 0 Å². The number of halogens is 4. The molecule has 0 aromatic rings. The smallest absolute Gasteiger partial charge is 0.350 e. The lowest BCUT2D eigenvalue weighted by molar-refractivity contribution is -0.167. The molecule has 1 amide bonds. The minimum Gasteiger partial charge on any atom is -0.350 e. The monoisotopic (exact) mass is 454 g/mol. The van der Waals surface area contributed by atoms with Gasteiger partial charge in [-0.25, -0.2) is 10.4 Å². The number of nitrogens with one attached hydrogen (secondary N) is 5. The first-order valence-corrected chi connectivity index (χ1v) is 10.9. The van der Waals surface area contributed by atoms with Gasteiger partial charge in [-0.1, -0.05) is 0 Å². The summed E-state index contributed by atoms with van der Waals surface area (Å²) in [6, 6.07) is -1.99. The lowest BCUT2D eigenvalue weighted by Crippen LogP contribution is -2.67. The molecule has 30 heavy (non-hydrogen) atoms. The maximum absolute atomic E-state index is 13.2. The van der Waals surface area contributed by atoms with E-state index in [9.17, 15) is 18.0 Å². The summed E-state index contributed by atoms with van der Waals surface area (Å²) in [4.78, 5) is 15.0. The second-order valence-electron chi connectivity index (χ2n) is 8.50. The van der Waals surface area contributed by atoms with Gasteiger partial charge in [0.15, 0.2) is 0 Å². The molecule has 0 aliphatic carbocycles. The number of piperazine rings is 1. The molecule has 172 valence electrons. The van der Waals surface area contributed by atoms with Crippen molar-refractivity contribution in [2.45, 2.75) is 48.4 Å². The molecule has 7 unspecified atom stereocenters. The van der Waals surface area contributed by atoms with Gasteiger partial charge in [0.2, 0.25) is 5.91 Å². The summed E-state index contributed by atoms with van der Waals surface area (Å²) in [6.45, 7) is 3.04. The molecule has 0 spiro atoms. The average molecular weight is 455 g/mol. The molecular formula is C17H30ClF3N8O. The fourth-order valence-electron chi connectivity index (χ4n) is 4.98. The van der Waals surface area contributed by atoms with Crippen LogP contribution in [-0.4, -0.2) is 104 Å². The van der Waals surface area contributed by atoms with E-state index >= 15 is 0 Å². The molecule has 4 aliphatic heterocycles. The molecule has 0 saturated carbocycles. The predicted molar refractivity (Wildman–Crippen MR) is 105 cm³/mol. The van der Waals surface area contributed by atoms with Gasteiger partial charge in [0.05, 0.1) is 29.7 Å². The molecule has 4 rings (SSSR count). The number of nitrogens with two attached hydrogens (primary N) is 1. The number of rotatable bonds is 3. The summed E-state index contributed by atoms with van der Waals surface area (Å²) in [5, 5.41) is 13.9. The van der Waals surface area contributed by atoms with Crippen molar-refractivity contribution in [1.29, 1.82) is 0 Å². The normalized spacial score (nSPS) is 41.4. The molecule has 4 heterocycles. The highest BCUT2D eigenvalue weighted by molar-refractivity contribution is 6.21. The van der Waals surface area contributed by atoms with Gasteiger partial charge in [0.25, 0.3) is 0 Å².